The van der Waals surface area contributed by atoms with Gasteiger partial charge in [0.05, 0.1) is 0 Å². The Morgan fingerprint density at radius 3 is 2.29 bits per heavy atom. The van der Waals surface area contributed by atoms with E-state index >= 15 is 0 Å². The van der Waals surface area contributed by atoms with Gasteiger partial charge in [-0.15, -0.1) is 0 Å². The second-order valence-electron chi connectivity index (χ2n) is 5.02. The monoisotopic (exact) mass is 227 g/mol. The molecule has 1 aromatic carbocycles. The molecule has 1 heterocycles. The van der Waals surface area contributed by atoms with Gasteiger partial charge in [0.2, 0.25) is 5.88 Å². The summed E-state index contributed by atoms with van der Waals surface area (Å²) in [7, 11) is 0. The lowest BCUT2D eigenvalue weighted by atomic mass is 9.86. The number of rotatable bonds is 2. The molecule has 2 heteroatoms. The first kappa shape index (κ1) is 11.6. The minimum atomic E-state index is 0.0609. The molecule has 17 heavy (non-hydrogen) atoms. The number of para-hydroxylation sites is 1. The average Bonchev–Trinajstić information content (AvgIpc) is 2.30. The second kappa shape index (κ2) is 4.58. The molecule has 0 radical (unpaired) electrons. The molecule has 0 fully saturated rings. The largest absolute Gasteiger partial charge is 0.439 e. The summed E-state index contributed by atoms with van der Waals surface area (Å²) in [5, 5.41) is 0. The van der Waals surface area contributed by atoms with Crippen LogP contribution < -0.4 is 4.74 Å². The molecule has 0 atom stereocenters. The summed E-state index contributed by atoms with van der Waals surface area (Å²) in [6, 6.07) is 13.7. The molecule has 0 saturated carbocycles. The molecular weight excluding hydrogens is 210 g/mol. The van der Waals surface area contributed by atoms with E-state index in [2.05, 4.69) is 31.8 Å². The van der Waals surface area contributed by atoms with Crippen LogP contribution in [0.2, 0.25) is 0 Å². The minimum Gasteiger partial charge on any atom is -0.439 e. The van der Waals surface area contributed by atoms with Gasteiger partial charge >= 0.3 is 0 Å². The molecule has 0 spiro atoms. The Balaban J connectivity index is 2.34. The van der Waals surface area contributed by atoms with E-state index in [1.165, 1.54) is 5.56 Å². The van der Waals surface area contributed by atoms with Crippen LogP contribution in [0.25, 0.3) is 0 Å². The Bertz CT molecular complexity index is 486. The third kappa shape index (κ3) is 2.84. The van der Waals surface area contributed by atoms with Crippen LogP contribution in [0.15, 0.2) is 48.7 Å². The van der Waals surface area contributed by atoms with Crippen LogP contribution in [0, 0.1) is 0 Å². The summed E-state index contributed by atoms with van der Waals surface area (Å²) < 4.78 is 5.82. The summed E-state index contributed by atoms with van der Waals surface area (Å²) in [5.74, 6) is 1.50. The molecule has 0 aliphatic carbocycles. The van der Waals surface area contributed by atoms with Crippen molar-refractivity contribution in [2.45, 2.75) is 26.2 Å². The summed E-state index contributed by atoms with van der Waals surface area (Å²) >= 11 is 0. The van der Waals surface area contributed by atoms with Crippen LogP contribution >= 0.6 is 0 Å². The van der Waals surface area contributed by atoms with Gasteiger partial charge in [-0.25, -0.2) is 4.98 Å². The zero-order valence-electron chi connectivity index (χ0n) is 10.5. The van der Waals surface area contributed by atoms with Crippen LogP contribution in [0.4, 0.5) is 0 Å². The fourth-order valence-corrected chi connectivity index (χ4v) is 1.70. The first-order chi connectivity index (χ1) is 8.07. The molecule has 0 bridgehead atoms. The molecule has 0 amide bonds. The van der Waals surface area contributed by atoms with Gasteiger partial charge in [0.15, 0.2) is 0 Å². The number of hydrogen-bond donors (Lipinski definition) is 0. The summed E-state index contributed by atoms with van der Waals surface area (Å²) in [5.41, 5.74) is 1.25. The highest BCUT2D eigenvalue weighted by Crippen LogP contribution is 2.33. The lowest BCUT2D eigenvalue weighted by molar-refractivity contribution is 0.440. The maximum absolute atomic E-state index is 5.82. The van der Waals surface area contributed by atoms with Crippen molar-refractivity contribution in [2.24, 2.45) is 0 Å². The summed E-state index contributed by atoms with van der Waals surface area (Å²) in [6.45, 7) is 6.52. The van der Waals surface area contributed by atoms with Crippen molar-refractivity contribution >= 4 is 0 Å². The van der Waals surface area contributed by atoms with Gasteiger partial charge in [-0.3, -0.25) is 0 Å². The van der Waals surface area contributed by atoms with Crippen LogP contribution in [-0.2, 0) is 5.41 Å². The zero-order chi connectivity index (χ0) is 12.3. The maximum atomic E-state index is 5.82. The quantitative estimate of drug-likeness (QED) is 0.768. The standard InChI is InChI=1S/C15H17NO/c1-15(2,3)12-8-4-5-9-13(12)17-14-10-6-7-11-16-14/h4-11H,1-3H3. The maximum Gasteiger partial charge on any atom is 0.219 e. The molecule has 0 N–H and O–H groups in total. The van der Waals surface area contributed by atoms with Crippen LogP contribution in [-0.4, -0.2) is 4.98 Å². The van der Waals surface area contributed by atoms with E-state index in [9.17, 15) is 0 Å². The first-order valence-electron chi connectivity index (χ1n) is 5.76. The average molecular weight is 227 g/mol. The number of benzene rings is 1. The second-order valence-corrected chi connectivity index (χ2v) is 5.02. The molecule has 2 aromatic rings. The van der Waals surface area contributed by atoms with Gasteiger partial charge in [-0.1, -0.05) is 45.0 Å². The fraction of sp³-hybridized carbons (Fsp3) is 0.267. The van der Waals surface area contributed by atoms with E-state index in [1.807, 2.05) is 36.4 Å². The molecule has 0 aliphatic heterocycles. The molecule has 2 nitrogen and oxygen atoms in total. The van der Waals surface area contributed by atoms with Crippen LogP contribution in [0.1, 0.15) is 26.3 Å². The third-order valence-corrected chi connectivity index (χ3v) is 2.55. The molecule has 1 aromatic heterocycles. The van der Waals surface area contributed by atoms with Crippen molar-refractivity contribution in [3.8, 4) is 11.6 Å². The Morgan fingerprint density at radius 1 is 0.941 bits per heavy atom. The smallest absolute Gasteiger partial charge is 0.219 e. The molecule has 2 rings (SSSR count). The van der Waals surface area contributed by atoms with Crippen molar-refractivity contribution in [1.29, 1.82) is 0 Å². The fourth-order valence-electron chi connectivity index (χ4n) is 1.70. The van der Waals surface area contributed by atoms with Crippen molar-refractivity contribution in [2.75, 3.05) is 0 Å². The SMILES string of the molecule is CC(C)(C)c1ccccc1Oc1ccccn1. The van der Waals surface area contributed by atoms with Crippen LogP contribution in [0.5, 0.6) is 11.6 Å². The van der Waals surface area contributed by atoms with Crippen molar-refractivity contribution in [1.82, 2.24) is 4.98 Å². The van der Waals surface area contributed by atoms with Crippen molar-refractivity contribution in [3.63, 3.8) is 0 Å². The highest BCUT2D eigenvalue weighted by atomic mass is 16.5. The van der Waals surface area contributed by atoms with Crippen molar-refractivity contribution in [3.05, 3.63) is 54.2 Å². The van der Waals surface area contributed by atoms with Gasteiger partial charge in [-0.2, -0.15) is 0 Å². The Kier molecular flexibility index (Phi) is 3.14. The minimum absolute atomic E-state index is 0.0609. The molecule has 0 unspecified atom stereocenters. The van der Waals surface area contributed by atoms with Crippen molar-refractivity contribution < 1.29 is 4.74 Å². The van der Waals surface area contributed by atoms with Gasteiger partial charge in [0, 0.05) is 17.8 Å². The van der Waals surface area contributed by atoms with Gasteiger partial charge in [0.25, 0.3) is 0 Å². The Hall–Kier alpha value is -1.83. The van der Waals surface area contributed by atoms with E-state index in [0.29, 0.717) is 5.88 Å². The summed E-state index contributed by atoms with van der Waals surface area (Å²) in [6.07, 6.45) is 1.73. The number of hydrogen-bond acceptors (Lipinski definition) is 2. The Labute approximate surface area is 102 Å². The number of nitrogens with zero attached hydrogens (tertiary/aromatic N) is 1. The highest BCUT2D eigenvalue weighted by molar-refractivity contribution is 5.40. The molecule has 0 saturated heterocycles. The summed E-state index contributed by atoms with van der Waals surface area (Å²) in [4.78, 5) is 4.17. The van der Waals surface area contributed by atoms with E-state index in [1.54, 1.807) is 6.20 Å². The predicted molar refractivity (Wildman–Crippen MR) is 69.5 cm³/mol. The highest BCUT2D eigenvalue weighted by Gasteiger charge is 2.18. The molecule has 88 valence electrons. The first-order valence-corrected chi connectivity index (χ1v) is 5.76. The topological polar surface area (TPSA) is 22.1 Å². The lowest BCUT2D eigenvalue weighted by Gasteiger charge is -2.22. The number of ether oxygens (including phenoxy) is 1. The van der Waals surface area contributed by atoms with Crippen LogP contribution in [0.3, 0.4) is 0 Å². The normalized spacial score (nSPS) is 11.2. The lowest BCUT2D eigenvalue weighted by Crippen LogP contribution is -2.12. The number of aromatic nitrogens is 1. The predicted octanol–water partition coefficient (Wildman–Crippen LogP) is 4.17. The third-order valence-electron chi connectivity index (χ3n) is 2.55. The van der Waals surface area contributed by atoms with Gasteiger partial charge in [0.1, 0.15) is 5.75 Å². The van der Waals surface area contributed by atoms with E-state index in [4.69, 9.17) is 4.74 Å². The van der Waals surface area contributed by atoms with E-state index in [0.717, 1.165) is 5.75 Å². The molecular formula is C15H17NO. The van der Waals surface area contributed by atoms with E-state index in [-0.39, 0.29) is 5.41 Å². The zero-order valence-corrected chi connectivity index (χ0v) is 10.5. The molecule has 0 aliphatic rings. The van der Waals surface area contributed by atoms with Gasteiger partial charge in [-0.05, 0) is 17.5 Å². The Morgan fingerprint density at radius 2 is 1.65 bits per heavy atom. The number of pyridine rings is 1. The van der Waals surface area contributed by atoms with E-state index < -0.39 is 0 Å². The van der Waals surface area contributed by atoms with Gasteiger partial charge < -0.3 is 4.74 Å².